The van der Waals surface area contributed by atoms with Crippen molar-refractivity contribution in [2.24, 2.45) is 0 Å². The molecule has 21 heavy (non-hydrogen) atoms. The number of carbonyl (C=O) groups excluding carboxylic acids is 1. The Morgan fingerprint density at radius 2 is 2.14 bits per heavy atom. The summed E-state index contributed by atoms with van der Waals surface area (Å²) in [6.07, 6.45) is 1.85. The van der Waals surface area contributed by atoms with E-state index in [9.17, 15) is 9.59 Å². The molecule has 1 aromatic carbocycles. The molecule has 2 N–H and O–H groups in total. The van der Waals surface area contributed by atoms with Gasteiger partial charge in [-0.1, -0.05) is 6.92 Å². The number of benzene rings is 1. The number of nitrogens with one attached hydrogen (secondary N) is 2. The third-order valence-electron chi connectivity index (χ3n) is 3.32. The Morgan fingerprint density at radius 1 is 1.33 bits per heavy atom. The van der Waals surface area contributed by atoms with E-state index in [1.54, 1.807) is 7.11 Å². The van der Waals surface area contributed by atoms with Crippen molar-refractivity contribution in [3.8, 4) is 5.75 Å². The molecule has 5 heteroatoms. The molecule has 0 aliphatic rings. The van der Waals surface area contributed by atoms with Crippen molar-refractivity contribution in [2.45, 2.75) is 26.2 Å². The lowest BCUT2D eigenvalue weighted by atomic mass is 10.1. The van der Waals surface area contributed by atoms with Gasteiger partial charge in [0.05, 0.1) is 7.11 Å². The number of amides is 1. The van der Waals surface area contributed by atoms with Crippen LogP contribution in [-0.4, -0.2) is 24.5 Å². The van der Waals surface area contributed by atoms with Gasteiger partial charge in [0, 0.05) is 29.4 Å². The molecule has 0 bridgehead atoms. The molecule has 5 nitrogen and oxygen atoms in total. The first kappa shape index (κ1) is 15.1. The third kappa shape index (κ3) is 3.84. The molecule has 0 radical (unpaired) electrons. The first-order valence-electron chi connectivity index (χ1n) is 7.10. The van der Waals surface area contributed by atoms with Crippen LogP contribution in [0.15, 0.2) is 29.1 Å². The molecule has 2 aromatic rings. The minimum absolute atomic E-state index is 0.0244. The molecule has 0 aliphatic heterocycles. The molecular weight excluding hydrogens is 268 g/mol. The molecule has 0 spiro atoms. The minimum Gasteiger partial charge on any atom is -0.497 e. The molecule has 1 aromatic heterocycles. The Kier molecular flexibility index (Phi) is 4.98. The normalized spacial score (nSPS) is 10.6. The maximum absolute atomic E-state index is 12.0. The van der Waals surface area contributed by atoms with Crippen molar-refractivity contribution in [3.05, 3.63) is 40.2 Å². The summed E-state index contributed by atoms with van der Waals surface area (Å²) in [5, 5.41) is 3.73. The second kappa shape index (κ2) is 6.92. The fourth-order valence-corrected chi connectivity index (χ4v) is 2.19. The predicted molar refractivity (Wildman–Crippen MR) is 82.7 cm³/mol. The number of ether oxygens (including phenoxy) is 1. The molecule has 1 amide bonds. The van der Waals surface area contributed by atoms with E-state index in [0.29, 0.717) is 24.9 Å². The Balaban J connectivity index is 2.14. The van der Waals surface area contributed by atoms with Crippen molar-refractivity contribution in [1.82, 2.24) is 10.3 Å². The van der Waals surface area contributed by atoms with Crippen molar-refractivity contribution < 1.29 is 9.53 Å². The summed E-state index contributed by atoms with van der Waals surface area (Å²) in [4.78, 5) is 26.2. The predicted octanol–water partition coefficient (Wildman–Crippen LogP) is 2.00. The molecule has 0 atom stereocenters. The maximum atomic E-state index is 12.0. The lowest BCUT2D eigenvalue weighted by molar-refractivity contribution is -0.121. The van der Waals surface area contributed by atoms with E-state index in [1.807, 2.05) is 31.2 Å². The highest BCUT2D eigenvalue weighted by atomic mass is 16.5. The summed E-state index contributed by atoms with van der Waals surface area (Å²) in [5.74, 6) is 0.771. The molecule has 112 valence electrons. The highest BCUT2D eigenvalue weighted by Crippen LogP contribution is 2.18. The van der Waals surface area contributed by atoms with Crippen LogP contribution in [0.3, 0.4) is 0 Å². The number of fused-ring (bicyclic) bond motifs is 1. The number of hydrogen-bond acceptors (Lipinski definition) is 3. The topological polar surface area (TPSA) is 71.2 Å². The first-order chi connectivity index (χ1) is 10.1. The van der Waals surface area contributed by atoms with Crippen LogP contribution in [0.1, 0.15) is 25.3 Å². The standard InChI is InChI=1S/C16H20N2O3/c1-3-4-15(19)17-8-7-11-9-12-10-13(21-2)5-6-14(12)18-16(11)20/h5-6,9-10H,3-4,7-8H2,1-2H3,(H,17,19)(H,18,20). The highest BCUT2D eigenvalue weighted by Gasteiger charge is 2.05. The van der Waals surface area contributed by atoms with Gasteiger partial charge in [-0.3, -0.25) is 9.59 Å². The number of hydrogen-bond donors (Lipinski definition) is 2. The van der Waals surface area contributed by atoms with Crippen molar-refractivity contribution in [1.29, 1.82) is 0 Å². The summed E-state index contributed by atoms with van der Waals surface area (Å²) < 4.78 is 5.18. The van der Waals surface area contributed by atoms with Gasteiger partial charge in [-0.05, 0) is 37.1 Å². The molecule has 0 fully saturated rings. The summed E-state index contributed by atoms with van der Waals surface area (Å²) in [6.45, 7) is 2.43. The Morgan fingerprint density at radius 3 is 2.86 bits per heavy atom. The lowest BCUT2D eigenvalue weighted by Gasteiger charge is -2.06. The van der Waals surface area contributed by atoms with E-state index in [1.165, 1.54) is 0 Å². The Hall–Kier alpha value is -2.30. The van der Waals surface area contributed by atoms with Gasteiger partial charge in [0.15, 0.2) is 0 Å². The van der Waals surface area contributed by atoms with Crippen molar-refractivity contribution in [3.63, 3.8) is 0 Å². The average molecular weight is 288 g/mol. The monoisotopic (exact) mass is 288 g/mol. The molecule has 1 heterocycles. The fraction of sp³-hybridized carbons (Fsp3) is 0.375. The molecule has 0 unspecified atom stereocenters. The maximum Gasteiger partial charge on any atom is 0.251 e. The van der Waals surface area contributed by atoms with Crippen LogP contribution >= 0.6 is 0 Å². The molecule has 0 aliphatic carbocycles. The quantitative estimate of drug-likeness (QED) is 0.854. The van der Waals surface area contributed by atoms with Gasteiger partial charge in [-0.25, -0.2) is 0 Å². The minimum atomic E-state index is -0.114. The number of carbonyl (C=O) groups is 1. The Bertz CT molecular complexity index is 691. The SMILES string of the molecule is CCCC(=O)NCCc1cc2cc(OC)ccc2[nH]c1=O. The van der Waals surface area contributed by atoms with Crippen LogP contribution in [0.25, 0.3) is 10.9 Å². The summed E-state index contributed by atoms with van der Waals surface area (Å²) in [6, 6.07) is 7.36. The molecule has 0 saturated heterocycles. The average Bonchev–Trinajstić information content (AvgIpc) is 2.47. The lowest BCUT2D eigenvalue weighted by Crippen LogP contribution is -2.27. The Labute approximate surface area is 123 Å². The number of rotatable bonds is 6. The first-order valence-corrected chi connectivity index (χ1v) is 7.10. The van der Waals surface area contributed by atoms with Gasteiger partial charge < -0.3 is 15.0 Å². The van der Waals surface area contributed by atoms with E-state index in [2.05, 4.69) is 10.3 Å². The zero-order valence-electron chi connectivity index (χ0n) is 12.4. The molecule has 2 rings (SSSR count). The number of methoxy groups -OCH3 is 1. The third-order valence-corrected chi connectivity index (χ3v) is 3.32. The van der Waals surface area contributed by atoms with Gasteiger partial charge in [0.1, 0.15) is 5.75 Å². The zero-order chi connectivity index (χ0) is 15.2. The zero-order valence-corrected chi connectivity index (χ0v) is 12.4. The van der Waals surface area contributed by atoms with E-state index in [-0.39, 0.29) is 11.5 Å². The molecular formula is C16H20N2O3. The van der Waals surface area contributed by atoms with E-state index in [0.717, 1.165) is 23.1 Å². The van der Waals surface area contributed by atoms with E-state index in [4.69, 9.17) is 4.74 Å². The van der Waals surface area contributed by atoms with Gasteiger partial charge in [0.2, 0.25) is 5.91 Å². The van der Waals surface area contributed by atoms with Crippen LogP contribution in [0.4, 0.5) is 0 Å². The number of aromatic nitrogens is 1. The van der Waals surface area contributed by atoms with Gasteiger partial charge >= 0.3 is 0 Å². The number of aromatic amines is 1. The van der Waals surface area contributed by atoms with E-state index < -0.39 is 0 Å². The van der Waals surface area contributed by atoms with E-state index >= 15 is 0 Å². The van der Waals surface area contributed by atoms with Gasteiger partial charge in [-0.2, -0.15) is 0 Å². The van der Waals surface area contributed by atoms with Crippen molar-refractivity contribution in [2.75, 3.05) is 13.7 Å². The summed E-state index contributed by atoms with van der Waals surface area (Å²) >= 11 is 0. The van der Waals surface area contributed by atoms with Crippen molar-refractivity contribution >= 4 is 16.8 Å². The second-order valence-electron chi connectivity index (χ2n) is 4.93. The van der Waals surface area contributed by atoms with Gasteiger partial charge in [0.25, 0.3) is 5.56 Å². The van der Waals surface area contributed by atoms with Crippen LogP contribution in [-0.2, 0) is 11.2 Å². The van der Waals surface area contributed by atoms with Crippen LogP contribution < -0.4 is 15.6 Å². The van der Waals surface area contributed by atoms with Crippen LogP contribution in [0.2, 0.25) is 0 Å². The van der Waals surface area contributed by atoms with Gasteiger partial charge in [-0.15, -0.1) is 0 Å². The second-order valence-corrected chi connectivity index (χ2v) is 4.93. The summed E-state index contributed by atoms with van der Waals surface area (Å²) in [7, 11) is 1.61. The smallest absolute Gasteiger partial charge is 0.251 e. The highest BCUT2D eigenvalue weighted by molar-refractivity contribution is 5.80. The number of pyridine rings is 1. The van der Waals surface area contributed by atoms with Crippen LogP contribution in [0, 0.1) is 0 Å². The largest absolute Gasteiger partial charge is 0.497 e. The van der Waals surface area contributed by atoms with Crippen LogP contribution in [0.5, 0.6) is 5.75 Å². The fourth-order valence-electron chi connectivity index (χ4n) is 2.19. The summed E-state index contributed by atoms with van der Waals surface area (Å²) in [5.41, 5.74) is 1.32. The molecule has 0 saturated carbocycles. The number of H-pyrrole nitrogens is 1.